The van der Waals surface area contributed by atoms with E-state index in [-0.39, 0.29) is 30.4 Å². The Labute approximate surface area is 197 Å². The number of carbonyl (C=O) groups excluding carboxylic acids is 1. The third kappa shape index (κ3) is 5.43. The Morgan fingerprint density at radius 1 is 1.03 bits per heavy atom. The number of nitrogens with zero attached hydrogens (tertiary/aromatic N) is 1. The summed E-state index contributed by atoms with van der Waals surface area (Å²) in [6, 6.07) is 17.1. The van der Waals surface area contributed by atoms with Gasteiger partial charge in [-0.1, -0.05) is 30.3 Å². The molecule has 1 N–H and O–H groups in total. The van der Waals surface area contributed by atoms with E-state index in [2.05, 4.69) is 5.32 Å². The predicted octanol–water partition coefficient (Wildman–Crippen LogP) is 4.01. The van der Waals surface area contributed by atoms with Crippen molar-refractivity contribution in [1.82, 2.24) is 9.62 Å². The van der Waals surface area contributed by atoms with Crippen LogP contribution in [0.2, 0.25) is 0 Å². The first-order valence-electron chi connectivity index (χ1n) is 10.8. The highest BCUT2D eigenvalue weighted by Crippen LogP contribution is 2.26. The second-order valence-electron chi connectivity index (χ2n) is 7.97. The van der Waals surface area contributed by atoms with E-state index in [1.165, 1.54) is 22.5 Å². The lowest BCUT2D eigenvalue weighted by Crippen LogP contribution is -2.45. The third-order valence-corrected chi connectivity index (χ3v) is 7.57. The van der Waals surface area contributed by atoms with Crippen molar-refractivity contribution < 1.29 is 26.7 Å². The van der Waals surface area contributed by atoms with Crippen LogP contribution in [0.3, 0.4) is 0 Å². The number of carbonyl (C=O) groups is 1. The van der Waals surface area contributed by atoms with E-state index in [1.807, 2.05) is 0 Å². The van der Waals surface area contributed by atoms with Crippen LogP contribution in [0.5, 0.6) is 5.75 Å². The molecule has 9 heteroatoms. The number of nitrogens with one attached hydrogen (secondary N) is 1. The van der Waals surface area contributed by atoms with Crippen LogP contribution in [-0.4, -0.2) is 31.2 Å². The lowest BCUT2D eigenvalue weighted by atomic mass is 10.2. The van der Waals surface area contributed by atoms with E-state index in [0.29, 0.717) is 24.2 Å². The minimum Gasteiger partial charge on any atom is -0.489 e. The SMILES string of the molecule is O=C(NCc1cccc(OCc2ccccc2F)c1)[C@@H]1CCCN1S(=O)(=O)c1ccc(F)cc1. The molecule has 34 heavy (non-hydrogen) atoms. The molecule has 0 saturated carbocycles. The standard InChI is InChI=1S/C25H24F2N2O4S/c26-20-10-12-22(13-11-20)34(31,32)29-14-4-9-24(29)25(30)28-16-18-5-3-7-21(15-18)33-17-19-6-1-2-8-23(19)27/h1-3,5-8,10-13,15,24H,4,9,14,16-17H2,(H,28,30)/t24-/m0/s1. The van der Waals surface area contributed by atoms with Gasteiger partial charge in [0.25, 0.3) is 0 Å². The van der Waals surface area contributed by atoms with Crippen LogP contribution in [0.1, 0.15) is 24.0 Å². The van der Waals surface area contributed by atoms with E-state index >= 15 is 0 Å². The first kappa shape index (κ1) is 23.8. The van der Waals surface area contributed by atoms with Crippen LogP contribution < -0.4 is 10.1 Å². The zero-order chi connectivity index (χ0) is 24.1. The number of hydrogen-bond donors (Lipinski definition) is 1. The van der Waals surface area contributed by atoms with Crippen molar-refractivity contribution in [3.8, 4) is 5.75 Å². The van der Waals surface area contributed by atoms with Crippen molar-refractivity contribution in [2.75, 3.05) is 6.54 Å². The molecule has 0 aliphatic carbocycles. The van der Waals surface area contributed by atoms with Gasteiger partial charge in [0.05, 0.1) is 4.90 Å². The summed E-state index contributed by atoms with van der Waals surface area (Å²) in [5.41, 5.74) is 1.19. The molecule has 0 bridgehead atoms. The molecule has 6 nitrogen and oxygen atoms in total. The van der Waals surface area contributed by atoms with Gasteiger partial charge in [-0.25, -0.2) is 17.2 Å². The number of amides is 1. The highest BCUT2D eigenvalue weighted by Gasteiger charge is 2.39. The molecule has 1 aliphatic heterocycles. The summed E-state index contributed by atoms with van der Waals surface area (Å²) < 4.78 is 59.8. The molecule has 1 amide bonds. The molecule has 1 aliphatic rings. The molecule has 0 unspecified atom stereocenters. The topological polar surface area (TPSA) is 75.7 Å². The predicted molar refractivity (Wildman–Crippen MR) is 122 cm³/mol. The Balaban J connectivity index is 1.38. The Morgan fingerprint density at radius 3 is 2.56 bits per heavy atom. The van der Waals surface area contributed by atoms with Crippen LogP contribution in [0.25, 0.3) is 0 Å². The smallest absolute Gasteiger partial charge is 0.243 e. The highest BCUT2D eigenvalue weighted by molar-refractivity contribution is 7.89. The lowest BCUT2D eigenvalue weighted by Gasteiger charge is -2.23. The maximum atomic E-state index is 13.8. The molecular weight excluding hydrogens is 462 g/mol. The first-order valence-corrected chi connectivity index (χ1v) is 12.3. The number of rotatable bonds is 8. The second kappa shape index (κ2) is 10.3. The largest absolute Gasteiger partial charge is 0.489 e. The van der Waals surface area contributed by atoms with E-state index in [9.17, 15) is 22.0 Å². The zero-order valence-corrected chi connectivity index (χ0v) is 19.1. The molecule has 1 heterocycles. The molecule has 178 valence electrons. The normalized spacial score (nSPS) is 16.4. The molecule has 3 aromatic rings. The molecule has 0 spiro atoms. The third-order valence-electron chi connectivity index (χ3n) is 5.64. The summed E-state index contributed by atoms with van der Waals surface area (Å²) in [7, 11) is -3.92. The van der Waals surface area contributed by atoms with Crippen molar-refractivity contribution >= 4 is 15.9 Å². The van der Waals surface area contributed by atoms with Crippen LogP contribution in [0.15, 0.2) is 77.7 Å². The molecule has 4 rings (SSSR count). The average Bonchev–Trinajstić information content (AvgIpc) is 3.34. The fourth-order valence-electron chi connectivity index (χ4n) is 3.86. The van der Waals surface area contributed by atoms with Crippen LogP contribution in [-0.2, 0) is 28.0 Å². The first-order chi connectivity index (χ1) is 16.3. The maximum Gasteiger partial charge on any atom is 0.243 e. The quantitative estimate of drug-likeness (QED) is 0.522. The van der Waals surface area contributed by atoms with Gasteiger partial charge in [0.15, 0.2) is 0 Å². The van der Waals surface area contributed by atoms with Crippen molar-refractivity contribution in [1.29, 1.82) is 0 Å². The van der Waals surface area contributed by atoms with Gasteiger partial charge in [-0.3, -0.25) is 4.79 Å². The zero-order valence-electron chi connectivity index (χ0n) is 18.3. The second-order valence-corrected chi connectivity index (χ2v) is 9.86. The Hall–Kier alpha value is -3.30. The van der Waals surface area contributed by atoms with Gasteiger partial charge in [-0.2, -0.15) is 4.31 Å². The molecule has 1 atom stereocenters. The molecule has 1 saturated heterocycles. The number of sulfonamides is 1. The fourth-order valence-corrected chi connectivity index (χ4v) is 5.52. The highest BCUT2D eigenvalue weighted by atomic mass is 32.2. The minimum absolute atomic E-state index is 0.0479. The molecule has 1 fully saturated rings. The summed E-state index contributed by atoms with van der Waals surface area (Å²) in [6.07, 6.45) is 0.954. The van der Waals surface area contributed by atoms with Gasteiger partial charge in [0, 0.05) is 18.7 Å². The fraction of sp³-hybridized carbons (Fsp3) is 0.240. The van der Waals surface area contributed by atoms with E-state index < -0.39 is 27.8 Å². The van der Waals surface area contributed by atoms with Crippen LogP contribution in [0, 0.1) is 11.6 Å². The minimum atomic E-state index is -3.92. The van der Waals surface area contributed by atoms with Gasteiger partial charge in [0.2, 0.25) is 15.9 Å². The van der Waals surface area contributed by atoms with Crippen molar-refractivity contribution in [3.63, 3.8) is 0 Å². The van der Waals surface area contributed by atoms with Gasteiger partial charge < -0.3 is 10.1 Å². The molecular formula is C25H24F2N2O4S. The number of benzene rings is 3. The van der Waals surface area contributed by atoms with Crippen molar-refractivity contribution in [3.05, 3.63) is 95.6 Å². The number of ether oxygens (including phenoxy) is 1. The molecule has 0 aromatic heterocycles. The van der Waals surface area contributed by atoms with Crippen LogP contribution in [0.4, 0.5) is 8.78 Å². The molecule has 0 radical (unpaired) electrons. The van der Waals surface area contributed by atoms with E-state index in [1.54, 1.807) is 42.5 Å². The number of halogens is 2. The Bertz CT molecular complexity index is 1270. The van der Waals surface area contributed by atoms with Crippen LogP contribution >= 0.6 is 0 Å². The van der Waals surface area contributed by atoms with Crippen molar-refractivity contribution in [2.45, 2.75) is 36.9 Å². The van der Waals surface area contributed by atoms with E-state index in [0.717, 1.165) is 17.7 Å². The Morgan fingerprint density at radius 2 is 1.79 bits per heavy atom. The monoisotopic (exact) mass is 486 g/mol. The van der Waals surface area contributed by atoms with Gasteiger partial charge in [0.1, 0.15) is 30.0 Å². The molecule has 3 aromatic carbocycles. The maximum absolute atomic E-state index is 13.8. The Kier molecular flexibility index (Phi) is 7.23. The van der Waals surface area contributed by atoms with Gasteiger partial charge >= 0.3 is 0 Å². The van der Waals surface area contributed by atoms with Gasteiger partial charge in [-0.05, 0) is 60.9 Å². The summed E-state index contributed by atoms with van der Waals surface area (Å²) in [6.45, 7) is 0.467. The summed E-state index contributed by atoms with van der Waals surface area (Å²) in [5.74, 6) is -0.755. The lowest BCUT2D eigenvalue weighted by molar-refractivity contribution is -0.124. The van der Waals surface area contributed by atoms with E-state index in [4.69, 9.17) is 4.74 Å². The summed E-state index contributed by atoms with van der Waals surface area (Å²) >= 11 is 0. The van der Waals surface area contributed by atoms with Gasteiger partial charge in [-0.15, -0.1) is 0 Å². The number of hydrogen-bond acceptors (Lipinski definition) is 4. The summed E-state index contributed by atoms with van der Waals surface area (Å²) in [4.78, 5) is 12.8. The average molecular weight is 487 g/mol. The summed E-state index contributed by atoms with van der Waals surface area (Å²) in [5, 5.41) is 2.79. The van der Waals surface area contributed by atoms with Crippen molar-refractivity contribution in [2.24, 2.45) is 0 Å².